The van der Waals surface area contributed by atoms with Crippen molar-refractivity contribution < 1.29 is 9.53 Å². The molecule has 1 fully saturated rings. The lowest BCUT2D eigenvalue weighted by molar-refractivity contribution is -0.132. The van der Waals surface area contributed by atoms with Gasteiger partial charge in [0.05, 0.1) is 13.0 Å². The second-order valence-corrected chi connectivity index (χ2v) is 5.97. The summed E-state index contributed by atoms with van der Waals surface area (Å²) in [4.78, 5) is 20.7. The smallest absolute Gasteiger partial charge is 0.226 e. The number of piperazine rings is 1. The van der Waals surface area contributed by atoms with E-state index >= 15 is 0 Å². The van der Waals surface area contributed by atoms with Crippen molar-refractivity contribution in [3.63, 3.8) is 0 Å². The highest BCUT2D eigenvalue weighted by molar-refractivity contribution is 7.13. The number of nitrogens with zero attached hydrogens (tertiary/aromatic N) is 3. The fourth-order valence-corrected chi connectivity index (χ4v) is 3.15. The van der Waals surface area contributed by atoms with Crippen LogP contribution in [0.5, 0.6) is 5.75 Å². The first-order chi connectivity index (χ1) is 10.8. The maximum atomic E-state index is 12.2. The molecule has 5 nitrogen and oxygen atoms in total. The minimum atomic E-state index is 0.162. The average Bonchev–Trinajstić information content (AvgIpc) is 3.10. The Morgan fingerprint density at radius 1 is 1.18 bits per heavy atom. The van der Waals surface area contributed by atoms with E-state index in [9.17, 15) is 4.79 Å². The Morgan fingerprint density at radius 3 is 2.64 bits per heavy atom. The van der Waals surface area contributed by atoms with Gasteiger partial charge >= 0.3 is 0 Å². The van der Waals surface area contributed by atoms with Gasteiger partial charge in [-0.25, -0.2) is 4.98 Å². The van der Waals surface area contributed by atoms with Gasteiger partial charge in [0.15, 0.2) is 5.13 Å². The summed E-state index contributed by atoms with van der Waals surface area (Å²) in [5, 5.41) is 3.02. The Bertz CT molecular complexity index is 581. The van der Waals surface area contributed by atoms with Crippen LogP contribution in [0.2, 0.25) is 0 Å². The van der Waals surface area contributed by atoms with E-state index in [1.165, 1.54) is 0 Å². The number of anilines is 1. The van der Waals surface area contributed by atoms with Crippen molar-refractivity contribution in [3.8, 4) is 5.75 Å². The van der Waals surface area contributed by atoms with Crippen molar-refractivity contribution in [1.82, 2.24) is 9.88 Å². The van der Waals surface area contributed by atoms with E-state index in [1.807, 2.05) is 46.8 Å². The molecule has 0 atom stereocenters. The van der Waals surface area contributed by atoms with Crippen molar-refractivity contribution in [1.29, 1.82) is 0 Å². The molecule has 1 saturated heterocycles. The van der Waals surface area contributed by atoms with Gasteiger partial charge in [0, 0.05) is 37.8 Å². The van der Waals surface area contributed by atoms with E-state index in [4.69, 9.17) is 4.74 Å². The number of benzene rings is 1. The van der Waals surface area contributed by atoms with Gasteiger partial charge in [0.1, 0.15) is 5.75 Å². The van der Waals surface area contributed by atoms with Gasteiger partial charge in [-0.2, -0.15) is 0 Å². The molecule has 0 unspecified atom stereocenters. The van der Waals surface area contributed by atoms with Crippen LogP contribution in [0.3, 0.4) is 0 Å². The lowest BCUT2D eigenvalue weighted by Gasteiger charge is -2.34. The first kappa shape index (κ1) is 14.8. The zero-order chi connectivity index (χ0) is 15.2. The van der Waals surface area contributed by atoms with Crippen LogP contribution in [0.15, 0.2) is 41.9 Å². The molecule has 6 heteroatoms. The van der Waals surface area contributed by atoms with E-state index in [0.29, 0.717) is 13.0 Å². The Hall–Kier alpha value is -2.08. The second-order valence-electron chi connectivity index (χ2n) is 5.09. The third-order valence-corrected chi connectivity index (χ3v) is 4.48. The number of rotatable bonds is 5. The minimum Gasteiger partial charge on any atom is -0.493 e. The summed E-state index contributed by atoms with van der Waals surface area (Å²) in [5.74, 6) is 0.971. The largest absolute Gasteiger partial charge is 0.493 e. The van der Waals surface area contributed by atoms with Crippen LogP contribution in [0.1, 0.15) is 6.42 Å². The highest BCUT2D eigenvalue weighted by atomic mass is 32.1. The number of amides is 1. The highest BCUT2D eigenvalue weighted by Gasteiger charge is 2.22. The van der Waals surface area contributed by atoms with Crippen LogP contribution in [-0.2, 0) is 4.79 Å². The van der Waals surface area contributed by atoms with E-state index in [1.54, 1.807) is 11.3 Å². The molecule has 0 N–H and O–H groups in total. The Balaban J connectivity index is 1.40. The number of ether oxygens (including phenoxy) is 1. The van der Waals surface area contributed by atoms with Crippen molar-refractivity contribution in [3.05, 3.63) is 41.9 Å². The summed E-state index contributed by atoms with van der Waals surface area (Å²) in [7, 11) is 0. The molecule has 22 heavy (non-hydrogen) atoms. The Labute approximate surface area is 134 Å². The summed E-state index contributed by atoms with van der Waals surface area (Å²) >= 11 is 1.64. The Kier molecular flexibility index (Phi) is 4.90. The Morgan fingerprint density at radius 2 is 1.95 bits per heavy atom. The molecule has 2 heterocycles. The fourth-order valence-electron chi connectivity index (χ4n) is 2.45. The number of aromatic nitrogens is 1. The summed E-state index contributed by atoms with van der Waals surface area (Å²) in [5.41, 5.74) is 0. The number of hydrogen-bond acceptors (Lipinski definition) is 5. The number of thiazole rings is 1. The lowest BCUT2D eigenvalue weighted by Crippen LogP contribution is -2.49. The summed E-state index contributed by atoms with van der Waals surface area (Å²) < 4.78 is 5.58. The first-order valence-electron chi connectivity index (χ1n) is 7.43. The van der Waals surface area contributed by atoms with Gasteiger partial charge in [-0.1, -0.05) is 18.2 Å². The number of hydrogen-bond donors (Lipinski definition) is 0. The number of para-hydroxylation sites is 1. The van der Waals surface area contributed by atoms with Crippen LogP contribution < -0.4 is 9.64 Å². The van der Waals surface area contributed by atoms with Crippen LogP contribution >= 0.6 is 11.3 Å². The highest BCUT2D eigenvalue weighted by Crippen LogP contribution is 2.19. The maximum Gasteiger partial charge on any atom is 0.226 e. The SMILES string of the molecule is O=C(CCOc1ccccc1)N1CCN(c2nccs2)CC1. The fraction of sp³-hybridized carbons (Fsp3) is 0.375. The maximum absolute atomic E-state index is 12.2. The topological polar surface area (TPSA) is 45.7 Å². The zero-order valence-electron chi connectivity index (χ0n) is 12.4. The summed E-state index contributed by atoms with van der Waals surface area (Å²) in [6.07, 6.45) is 2.24. The van der Waals surface area contributed by atoms with Gasteiger partial charge in [0.25, 0.3) is 0 Å². The molecule has 1 aliphatic rings. The van der Waals surface area contributed by atoms with Gasteiger partial charge in [0.2, 0.25) is 5.91 Å². The van der Waals surface area contributed by atoms with Gasteiger partial charge < -0.3 is 14.5 Å². The predicted octanol–water partition coefficient (Wildman–Crippen LogP) is 2.26. The number of carbonyl (C=O) groups excluding carboxylic acids is 1. The van der Waals surface area contributed by atoms with Gasteiger partial charge in [-0.15, -0.1) is 11.3 Å². The quantitative estimate of drug-likeness (QED) is 0.848. The van der Waals surface area contributed by atoms with Crippen molar-refractivity contribution in [2.45, 2.75) is 6.42 Å². The third kappa shape index (κ3) is 3.76. The summed E-state index contributed by atoms with van der Waals surface area (Å²) in [6, 6.07) is 9.60. The minimum absolute atomic E-state index is 0.162. The molecule has 0 spiro atoms. The summed E-state index contributed by atoms with van der Waals surface area (Å²) in [6.45, 7) is 3.63. The van der Waals surface area contributed by atoms with Crippen LogP contribution in [0.25, 0.3) is 0 Å². The molecule has 3 rings (SSSR count). The predicted molar refractivity (Wildman–Crippen MR) is 87.5 cm³/mol. The first-order valence-corrected chi connectivity index (χ1v) is 8.31. The van der Waals surface area contributed by atoms with Crippen molar-refractivity contribution >= 4 is 22.4 Å². The van der Waals surface area contributed by atoms with Crippen molar-refractivity contribution in [2.24, 2.45) is 0 Å². The molecule has 1 amide bonds. The second kappa shape index (κ2) is 7.26. The molecular weight excluding hydrogens is 298 g/mol. The molecule has 0 saturated carbocycles. The van der Waals surface area contributed by atoms with Gasteiger partial charge in [-0.3, -0.25) is 4.79 Å². The average molecular weight is 317 g/mol. The molecule has 0 bridgehead atoms. The van der Waals surface area contributed by atoms with Crippen LogP contribution in [-0.4, -0.2) is 48.6 Å². The van der Waals surface area contributed by atoms with Gasteiger partial charge in [-0.05, 0) is 12.1 Å². The lowest BCUT2D eigenvalue weighted by atomic mass is 10.3. The molecule has 116 valence electrons. The molecule has 0 aliphatic carbocycles. The van der Waals surface area contributed by atoms with Crippen LogP contribution in [0, 0.1) is 0 Å². The van der Waals surface area contributed by atoms with E-state index in [-0.39, 0.29) is 5.91 Å². The molecule has 0 radical (unpaired) electrons. The van der Waals surface area contributed by atoms with Crippen LogP contribution in [0.4, 0.5) is 5.13 Å². The van der Waals surface area contributed by atoms with Crippen molar-refractivity contribution in [2.75, 3.05) is 37.7 Å². The monoisotopic (exact) mass is 317 g/mol. The van der Waals surface area contributed by atoms with E-state index in [0.717, 1.165) is 37.1 Å². The molecule has 1 aromatic carbocycles. The zero-order valence-corrected chi connectivity index (χ0v) is 13.2. The third-order valence-electron chi connectivity index (χ3n) is 3.65. The molecular formula is C16H19N3O2S. The number of carbonyl (C=O) groups is 1. The standard InChI is InChI=1S/C16H19N3O2S/c20-15(6-12-21-14-4-2-1-3-5-14)18-8-10-19(11-9-18)16-17-7-13-22-16/h1-5,7,13H,6,8-12H2. The van der Waals surface area contributed by atoms with E-state index in [2.05, 4.69) is 9.88 Å². The molecule has 1 aromatic heterocycles. The molecule has 2 aromatic rings. The normalized spacial score (nSPS) is 14.9. The van der Waals surface area contributed by atoms with E-state index < -0.39 is 0 Å². The molecule has 1 aliphatic heterocycles.